The average molecular weight is 409 g/mol. The summed E-state index contributed by atoms with van der Waals surface area (Å²) < 4.78 is 11.4. The molecule has 0 spiro atoms. The van der Waals surface area contributed by atoms with Gasteiger partial charge in [0.05, 0.1) is 24.5 Å². The highest BCUT2D eigenvalue weighted by Crippen LogP contribution is 2.23. The van der Waals surface area contributed by atoms with Gasteiger partial charge in [0, 0.05) is 12.0 Å². The molecule has 0 aliphatic carbocycles. The van der Waals surface area contributed by atoms with E-state index in [0.29, 0.717) is 29.5 Å². The topological polar surface area (TPSA) is 59.9 Å². The van der Waals surface area contributed by atoms with Crippen LogP contribution in [0.25, 0.3) is 0 Å². The molecule has 148 valence electrons. The molecule has 6 heteroatoms. The molecule has 1 amide bonds. The fraction of sp³-hybridized carbons (Fsp3) is 0.130. The number of carbonyl (C=O) groups excluding carboxylic acids is 1. The zero-order valence-electron chi connectivity index (χ0n) is 15.8. The largest absolute Gasteiger partial charge is 0.493 e. The van der Waals surface area contributed by atoms with Crippen LogP contribution in [0.2, 0.25) is 5.02 Å². The predicted octanol–water partition coefficient (Wildman–Crippen LogP) is 4.95. The summed E-state index contributed by atoms with van der Waals surface area (Å²) in [7, 11) is 0. The van der Waals surface area contributed by atoms with Crippen molar-refractivity contribution in [2.45, 2.75) is 6.42 Å². The molecular weight excluding hydrogens is 388 g/mol. The van der Waals surface area contributed by atoms with Gasteiger partial charge in [-0.05, 0) is 42.0 Å². The molecule has 0 radical (unpaired) electrons. The number of amides is 1. The number of hydrazone groups is 1. The molecule has 0 aromatic heterocycles. The second kappa shape index (κ2) is 10.9. The van der Waals surface area contributed by atoms with Gasteiger partial charge >= 0.3 is 0 Å². The van der Waals surface area contributed by atoms with Crippen LogP contribution >= 0.6 is 11.6 Å². The standard InChI is InChI=1S/C23H21ClN2O3/c24-21-12-4-5-13-22(21)29-15-7-14-28-20-11-6-8-18(16-20)17-25-26-23(27)19-9-2-1-3-10-19/h1-6,8-13,16-17H,7,14-15H2,(H,26,27)/b25-17+. The van der Waals surface area contributed by atoms with Gasteiger partial charge in [-0.15, -0.1) is 0 Å². The summed E-state index contributed by atoms with van der Waals surface area (Å²) in [5, 5.41) is 4.59. The van der Waals surface area contributed by atoms with Crippen LogP contribution in [-0.4, -0.2) is 25.3 Å². The normalized spacial score (nSPS) is 10.7. The first-order valence-electron chi connectivity index (χ1n) is 9.21. The van der Waals surface area contributed by atoms with E-state index in [1.54, 1.807) is 36.5 Å². The second-order valence-corrected chi connectivity index (χ2v) is 6.53. The number of nitrogens with one attached hydrogen (secondary N) is 1. The van der Waals surface area contributed by atoms with Crippen molar-refractivity contribution in [3.63, 3.8) is 0 Å². The van der Waals surface area contributed by atoms with Crippen molar-refractivity contribution in [1.82, 2.24) is 5.43 Å². The summed E-state index contributed by atoms with van der Waals surface area (Å²) in [6.45, 7) is 1.02. The zero-order valence-corrected chi connectivity index (χ0v) is 16.5. The Morgan fingerprint density at radius 1 is 0.931 bits per heavy atom. The highest BCUT2D eigenvalue weighted by molar-refractivity contribution is 6.32. The lowest BCUT2D eigenvalue weighted by Gasteiger charge is -2.09. The molecule has 0 aliphatic heterocycles. The van der Waals surface area contributed by atoms with Crippen molar-refractivity contribution in [3.05, 3.63) is 95.0 Å². The van der Waals surface area contributed by atoms with E-state index in [1.807, 2.05) is 48.5 Å². The maximum atomic E-state index is 12.0. The van der Waals surface area contributed by atoms with E-state index in [4.69, 9.17) is 21.1 Å². The third-order valence-corrected chi connectivity index (χ3v) is 4.24. The van der Waals surface area contributed by atoms with E-state index >= 15 is 0 Å². The number of hydrogen-bond acceptors (Lipinski definition) is 4. The number of halogens is 1. The number of benzene rings is 3. The van der Waals surface area contributed by atoms with Crippen molar-refractivity contribution < 1.29 is 14.3 Å². The van der Waals surface area contributed by atoms with Crippen LogP contribution in [0.4, 0.5) is 0 Å². The molecule has 0 saturated heterocycles. The van der Waals surface area contributed by atoms with Crippen molar-refractivity contribution in [2.75, 3.05) is 13.2 Å². The summed E-state index contributed by atoms with van der Waals surface area (Å²) >= 11 is 6.05. The lowest BCUT2D eigenvalue weighted by Crippen LogP contribution is -2.17. The van der Waals surface area contributed by atoms with Gasteiger partial charge in [-0.1, -0.05) is 54.1 Å². The number of nitrogens with zero attached hydrogens (tertiary/aromatic N) is 1. The molecule has 0 heterocycles. The Morgan fingerprint density at radius 2 is 1.69 bits per heavy atom. The minimum absolute atomic E-state index is 0.257. The maximum Gasteiger partial charge on any atom is 0.271 e. The SMILES string of the molecule is O=C(N/N=C/c1cccc(OCCCOc2ccccc2Cl)c1)c1ccccc1. The van der Waals surface area contributed by atoms with E-state index in [2.05, 4.69) is 10.5 Å². The predicted molar refractivity (Wildman–Crippen MR) is 115 cm³/mol. The third-order valence-electron chi connectivity index (χ3n) is 3.93. The number of ether oxygens (including phenoxy) is 2. The van der Waals surface area contributed by atoms with Gasteiger partial charge in [-0.2, -0.15) is 5.10 Å². The van der Waals surface area contributed by atoms with Gasteiger partial charge in [0.1, 0.15) is 11.5 Å². The Labute approximate surface area is 174 Å². The molecule has 0 unspecified atom stereocenters. The first-order valence-corrected chi connectivity index (χ1v) is 9.59. The molecule has 0 atom stereocenters. The second-order valence-electron chi connectivity index (χ2n) is 6.12. The van der Waals surface area contributed by atoms with E-state index in [1.165, 1.54) is 0 Å². The Morgan fingerprint density at radius 3 is 2.52 bits per heavy atom. The van der Waals surface area contributed by atoms with E-state index in [-0.39, 0.29) is 5.91 Å². The van der Waals surface area contributed by atoms with Gasteiger partial charge in [0.25, 0.3) is 5.91 Å². The fourth-order valence-corrected chi connectivity index (χ4v) is 2.69. The molecule has 3 aromatic rings. The lowest BCUT2D eigenvalue weighted by molar-refractivity contribution is 0.0955. The van der Waals surface area contributed by atoms with Crippen molar-refractivity contribution in [2.24, 2.45) is 5.10 Å². The van der Waals surface area contributed by atoms with Gasteiger partial charge < -0.3 is 9.47 Å². The molecule has 3 rings (SSSR count). The van der Waals surface area contributed by atoms with Gasteiger partial charge in [0.15, 0.2) is 0 Å². The smallest absolute Gasteiger partial charge is 0.271 e. The van der Waals surface area contributed by atoms with Gasteiger partial charge in [-0.25, -0.2) is 5.43 Å². The molecule has 3 aromatic carbocycles. The van der Waals surface area contributed by atoms with Crippen LogP contribution in [-0.2, 0) is 0 Å². The van der Waals surface area contributed by atoms with E-state index in [9.17, 15) is 4.79 Å². The summed E-state index contributed by atoms with van der Waals surface area (Å²) in [5.74, 6) is 1.14. The minimum Gasteiger partial charge on any atom is -0.493 e. The summed E-state index contributed by atoms with van der Waals surface area (Å²) in [4.78, 5) is 12.0. The van der Waals surface area contributed by atoms with Gasteiger partial charge in [0.2, 0.25) is 0 Å². The molecule has 1 N–H and O–H groups in total. The number of rotatable bonds is 9. The molecule has 0 saturated carbocycles. The lowest BCUT2D eigenvalue weighted by atomic mass is 10.2. The van der Waals surface area contributed by atoms with Crippen molar-refractivity contribution >= 4 is 23.7 Å². The summed E-state index contributed by atoms with van der Waals surface area (Å²) in [5.41, 5.74) is 3.89. The molecular formula is C23H21ClN2O3. The zero-order chi connectivity index (χ0) is 20.3. The number of para-hydroxylation sites is 1. The number of carbonyl (C=O) groups is 1. The molecule has 0 bridgehead atoms. The number of hydrogen-bond donors (Lipinski definition) is 1. The van der Waals surface area contributed by atoms with Crippen molar-refractivity contribution in [3.8, 4) is 11.5 Å². The van der Waals surface area contributed by atoms with Crippen LogP contribution < -0.4 is 14.9 Å². The highest BCUT2D eigenvalue weighted by Gasteiger charge is 2.02. The Kier molecular flexibility index (Phi) is 7.66. The fourth-order valence-electron chi connectivity index (χ4n) is 2.50. The first kappa shape index (κ1) is 20.4. The third kappa shape index (κ3) is 6.66. The maximum absolute atomic E-state index is 12.0. The average Bonchev–Trinajstić information content (AvgIpc) is 2.75. The van der Waals surface area contributed by atoms with Crippen LogP contribution in [0, 0.1) is 0 Å². The summed E-state index contributed by atoms with van der Waals surface area (Å²) in [6, 6.07) is 23.8. The molecule has 29 heavy (non-hydrogen) atoms. The monoisotopic (exact) mass is 408 g/mol. The van der Waals surface area contributed by atoms with Crippen molar-refractivity contribution in [1.29, 1.82) is 0 Å². The van der Waals surface area contributed by atoms with E-state index in [0.717, 1.165) is 17.7 Å². The first-order chi connectivity index (χ1) is 14.2. The molecule has 0 fully saturated rings. The van der Waals surface area contributed by atoms with Crippen LogP contribution in [0.15, 0.2) is 84.0 Å². The minimum atomic E-state index is -0.257. The summed E-state index contributed by atoms with van der Waals surface area (Å²) in [6.07, 6.45) is 2.30. The van der Waals surface area contributed by atoms with E-state index < -0.39 is 0 Å². The molecule has 0 aliphatic rings. The molecule has 5 nitrogen and oxygen atoms in total. The Hall–Kier alpha value is -3.31. The highest BCUT2D eigenvalue weighted by atomic mass is 35.5. The Balaban J connectivity index is 1.42. The van der Waals surface area contributed by atoms with Crippen LogP contribution in [0.5, 0.6) is 11.5 Å². The van der Waals surface area contributed by atoms with Gasteiger partial charge in [-0.3, -0.25) is 4.79 Å². The quantitative estimate of drug-likeness (QED) is 0.309. The Bertz CT molecular complexity index is 961. The van der Waals surface area contributed by atoms with Crippen LogP contribution in [0.1, 0.15) is 22.3 Å². The van der Waals surface area contributed by atoms with Crippen LogP contribution in [0.3, 0.4) is 0 Å².